The van der Waals surface area contributed by atoms with Crippen LogP contribution in [-0.2, 0) is 9.59 Å². The molecule has 0 radical (unpaired) electrons. The summed E-state index contributed by atoms with van der Waals surface area (Å²) in [6.45, 7) is 0. The third-order valence-electron chi connectivity index (χ3n) is 6.37. The number of non-ortho nitro benzene ring substituents is 1. The molecule has 0 unspecified atom stereocenters. The van der Waals surface area contributed by atoms with Gasteiger partial charge in [-0.1, -0.05) is 28.1 Å². The molecular weight excluding hydrogens is 504 g/mol. The highest BCUT2D eigenvalue weighted by Gasteiger charge is 2.63. The number of nitriles is 1. The third-order valence-corrected chi connectivity index (χ3v) is 6.90. The summed E-state index contributed by atoms with van der Waals surface area (Å²) in [5, 5.41) is 20.6. The van der Waals surface area contributed by atoms with E-state index < -0.39 is 46.4 Å². The Balaban J connectivity index is 1.60. The molecule has 3 heterocycles. The van der Waals surface area contributed by atoms with E-state index in [0.29, 0.717) is 11.3 Å². The standard InChI is InChI=1S/C24H15BrN4O5/c25-15-4-6-16(7-5-15)28-23(31)19-18-10-13(12-26)8-9-27(18)21(20(19)24(28)32)22(30)14-2-1-3-17(11-14)29(33)34/h1-11,18-21H/t18-,19+,20+,21-/m1/s1. The van der Waals surface area contributed by atoms with Gasteiger partial charge in [-0.3, -0.25) is 24.5 Å². The SMILES string of the molecule is N#CC1=C[C@@H]2[C@@H]3C(=O)N(c4ccc(Br)cc4)C(=O)[C@@H]3[C@H](C(=O)c3cccc([N+](=O)[O-])c3)N2C=C1. The summed E-state index contributed by atoms with van der Waals surface area (Å²) in [5.41, 5.74) is 0.537. The molecule has 0 bridgehead atoms. The summed E-state index contributed by atoms with van der Waals surface area (Å²) in [7, 11) is 0. The van der Waals surface area contributed by atoms with Gasteiger partial charge >= 0.3 is 0 Å². The van der Waals surface area contributed by atoms with Crippen molar-refractivity contribution in [1.82, 2.24) is 4.90 Å². The molecule has 3 aliphatic rings. The van der Waals surface area contributed by atoms with Crippen molar-refractivity contribution in [3.63, 3.8) is 0 Å². The fourth-order valence-electron chi connectivity index (χ4n) is 4.91. The summed E-state index contributed by atoms with van der Waals surface area (Å²) in [5.74, 6) is -3.36. The molecule has 168 valence electrons. The number of halogens is 1. The summed E-state index contributed by atoms with van der Waals surface area (Å²) in [6, 6.07) is 12.3. The van der Waals surface area contributed by atoms with Crippen molar-refractivity contribution < 1.29 is 19.3 Å². The molecular formula is C24H15BrN4O5. The largest absolute Gasteiger partial charge is 0.359 e. The Morgan fingerprint density at radius 3 is 2.47 bits per heavy atom. The molecule has 3 aliphatic heterocycles. The first kappa shape index (κ1) is 21.7. The number of amides is 2. The van der Waals surface area contributed by atoms with Crippen LogP contribution in [0.2, 0.25) is 0 Å². The summed E-state index contributed by atoms with van der Waals surface area (Å²) in [4.78, 5) is 54.1. The average molecular weight is 519 g/mol. The van der Waals surface area contributed by atoms with Gasteiger partial charge in [-0.2, -0.15) is 5.26 Å². The molecule has 0 saturated carbocycles. The quantitative estimate of drug-likeness (QED) is 0.263. The second-order valence-electron chi connectivity index (χ2n) is 8.14. The Hall–Kier alpha value is -4.10. The van der Waals surface area contributed by atoms with E-state index in [0.717, 1.165) is 9.37 Å². The fourth-order valence-corrected chi connectivity index (χ4v) is 5.17. The smallest absolute Gasteiger partial charge is 0.270 e. The van der Waals surface area contributed by atoms with Gasteiger partial charge in [0.25, 0.3) is 5.69 Å². The number of anilines is 1. The van der Waals surface area contributed by atoms with Crippen molar-refractivity contribution >= 4 is 44.9 Å². The fraction of sp³-hybridized carbons (Fsp3) is 0.167. The number of carbonyl (C=O) groups excluding carboxylic acids is 3. The molecule has 2 aromatic rings. The first-order valence-electron chi connectivity index (χ1n) is 10.3. The van der Waals surface area contributed by atoms with Gasteiger partial charge in [-0.25, -0.2) is 4.90 Å². The molecule has 0 spiro atoms. The van der Waals surface area contributed by atoms with Gasteiger partial charge in [0.1, 0.15) is 6.04 Å². The lowest BCUT2D eigenvalue weighted by atomic mass is 9.86. The Morgan fingerprint density at radius 1 is 1.09 bits per heavy atom. The number of Topliss-reactive ketones (excluding diaryl/α,β-unsaturated/α-hetero) is 1. The molecule has 4 atom stereocenters. The Morgan fingerprint density at radius 2 is 1.79 bits per heavy atom. The van der Waals surface area contributed by atoms with Crippen molar-refractivity contribution in [3.05, 3.63) is 92.6 Å². The van der Waals surface area contributed by atoms with Gasteiger partial charge in [-0.15, -0.1) is 0 Å². The molecule has 2 aromatic carbocycles. The number of nitro groups is 1. The van der Waals surface area contributed by atoms with Crippen molar-refractivity contribution in [2.75, 3.05) is 4.90 Å². The average Bonchev–Trinajstić information content (AvgIpc) is 3.31. The molecule has 0 aliphatic carbocycles. The van der Waals surface area contributed by atoms with Crippen LogP contribution in [0.4, 0.5) is 11.4 Å². The molecule has 0 N–H and O–H groups in total. The lowest BCUT2D eigenvalue weighted by Crippen LogP contribution is -2.46. The maximum Gasteiger partial charge on any atom is 0.270 e. The highest BCUT2D eigenvalue weighted by molar-refractivity contribution is 9.10. The van der Waals surface area contributed by atoms with Crippen LogP contribution in [0.15, 0.2) is 76.9 Å². The lowest BCUT2D eigenvalue weighted by molar-refractivity contribution is -0.384. The van der Waals surface area contributed by atoms with Gasteiger partial charge in [0.2, 0.25) is 11.8 Å². The van der Waals surface area contributed by atoms with E-state index in [1.165, 1.54) is 30.3 Å². The zero-order chi connectivity index (χ0) is 24.1. The van der Waals surface area contributed by atoms with Crippen molar-refractivity contribution in [2.24, 2.45) is 11.8 Å². The highest BCUT2D eigenvalue weighted by atomic mass is 79.9. The van der Waals surface area contributed by atoms with E-state index in [-0.39, 0.29) is 11.3 Å². The number of benzene rings is 2. The topological polar surface area (TPSA) is 125 Å². The second-order valence-corrected chi connectivity index (χ2v) is 9.06. The second kappa shape index (κ2) is 8.04. The number of fused-ring (bicyclic) bond motifs is 3. The third kappa shape index (κ3) is 3.24. The van der Waals surface area contributed by atoms with Crippen LogP contribution in [0.25, 0.3) is 0 Å². The lowest BCUT2D eigenvalue weighted by Gasteiger charge is -2.32. The highest BCUT2D eigenvalue weighted by Crippen LogP contribution is 2.47. The molecule has 2 saturated heterocycles. The number of allylic oxidation sites excluding steroid dienone is 2. The van der Waals surface area contributed by atoms with Gasteiger partial charge in [-0.05, 0) is 36.4 Å². The van der Waals surface area contributed by atoms with Gasteiger partial charge in [0.15, 0.2) is 5.78 Å². The number of hydrogen-bond donors (Lipinski definition) is 0. The zero-order valence-corrected chi connectivity index (χ0v) is 19.0. The maximum absolute atomic E-state index is 13.6. The van der Waals surface area contributed by atoms with Crippen LogP contribution < -0.4 is 4.90 Å². The van der Waals surface area contributed by atoms with Crippen molar-refractivity contribution in [2.45, 2.75) is 12.1 Å². The van der Waals surface area contributed by atoms with Crippen molar-refractivity contribution in [1.29, 1.82) is 5.26 Å². The normalized spacial score (nSPS) is 25.0. The summed E-state index contributed by atoms with van der Waals surface area (Å²) >= 11 is 3.33. The van der Waals surface area contributed by atoms with Crippen LogP contribution in [0.5, 0.6) is 0 Å². The van der Waals surface area contributed by atoms with E-state index in [1.54, 1.807) is 41.4 Å². The van der Waals surface area contributed by atoms with Crippen LogP contribution in [0.1, 0.15) is 10.4 Å². The number of nitro benzene ring substituents is 1. The summed E-state index contributed by atoms with van der Waals surface area (Å²) < 4.78 is 0.777. The molecule has 2 fully saturated rings. The number of rotatable bonds is 4. The van der Waals surface area contributed by atoms with Crippen LogP contribution in [0.3, 0.4) is 0 Å². The van der Waals surface area contributed by atoms with Crippen LogP contribution >= 0.6 is 15.9 Å². The minimum Gasteiger partial charge on any atom is -0.359 e. The van der Waals surface area contributed by atoms with E-state index in [1.807, 2.05) is 6.07 Å². The van der Waals surface area contributed by atoms with Crippen molar-refractivity contribution in [3.8, 4) is 6.07 Å². The first-order valence-corrected chi connectivity index (χ1v) is 11.1. The Labute approximate surface area is 201 Å². The Bertz CT molecular complexity index is 1360. The monoisotopic (exact) mass is 518 g/mol. The predicted molar refractivity (Wildman–Crippen MR) is 123 cm³/mol. The molecule has 34 heavy (non-hydrogen) atoms. The van der Waals surface area contributed by atoms with Crippen LogP contribution in [-0.4, -0.2) is 39.5 Å². The predicted octanol–water partition coefficient (Wildman–Crippen LogP) is 3.38. The van der Waals surface area contributed by atoms with E-state index in [4.69, 9.17) is 0 Å². The molecule has 0 aromatic heterocycles. The molecule has 10 heteroatoms. The number of nitrogens with zero attached hydrogens (tertiary/aromatic N) is 4. The summed E-state index contributed by atoms with van der Waals surface area (Å²) in [6.07, 6.45) is 4.66. The van der Waals surface area contributed by atoms with E-state index >= 15 is 0 Å². The van der Waals surface area contributed by atoms with E-state index in [9.17, 15) is 29.8 Å². The minimum absolute atomic E-state index is 0.0735. The minimum atomic E-state index is -1.05. The number of carbonyl (C=O) groups is 3. The number of ketones is 1. The number of hydrogen-bond acceptors (Lipinski definition) is 7. The van der Waals surface area contributed by atoms with Gasteiger partial charge < -0.3 is 4.90 Å². The zero-order valence-electron chi connectivity index (χ0n) is 17.4. The molecule has 9 nitrogen and oxygen atoms in total. The molecule has 2 amide bonds. The van der Waals surface area contributed by atoms with Gasteiger partial charge in [0, 0.05) is 28.4 Å². The number of imide groups is 1. The van der Waals surface area contributed by atoms with Gasteiger partial charge in [0.05, 0.1) is 40.1 Å². The first-order chi connectivity index (χ1) is 16.3. The van der Waals surface area contributed by atoms with E-state index in [2.05, 4.69) is 15.9 Å². The maximum atomic E-state index is 13.6. The van der Waals surface area contributed by atoms with Crippen LogP contribution in [0, 0.1) is 33.3 Å². The Kier molecular flexibility index (Phi) is 5.14. The molecule has 5 rings (SSSR count).